The molecule has 0 saturated heterocycles. The predicted molar refractivity (Wildman–Crippen MR) is 152 cm³/mol. The number of carbonyl (C=O) groups is 3. The van der Waals surface area contributed by atoms with Crippen LogP contribution in [0.4, 0.5) is 4.79 Å². The molecule has 206 valence electrons. The molecule has 5 rings (SSSR count). The van der Waals surface area contributed by atoms with Crippen LogP contribution in [0.2, 0.25) is 0 Å². The van der Waals surface area contributed by atoms with Crippen LogP contribution in [0.1, 0.15) is 37.9 Å². The highest BCUT2D eigenvalue weighted by atomic mass is 16.5. The molecule has 4 amide bonds. The number of nitrogens with one attached hydrogen (secondary N) is 2. The first-order valence-corrected chi connectivity index (χ1v) is 13.6. The van der Waals surface area contributed by atoms with Gasteiger partial charge in [-0.1, -0.05) is 74.5 Å². The Balaban J connectivity index is 1.43. The summed E-state index contributed by atoms with van der Waals surface area (Å²) in [7, 11) is 0. The molecule has 0 radical (unpaired) electrons. The lowest BCUT2D eigenvalue weighted by atomic mass is 9.95. The molecule has 3 aromatic carbocycles. The van der Waals surface area contributed by atoms with Crippen LogP contribution in [0.25, 0.3) is 0 Å². The van der Waals surface area contributed by atoms with Gasteiger partial charge in [-0.3, -0.25) is 14.5 Å². The van der Waals surface area contributed by atoms with E-state index in [4.69, 9.17) is 4.74 Å². The number of carbonyl (C=O) groups excluding carboxylic acids is 3. The number of nitrogens with zero attached hydrogens (tertiary/aromatic N) is 2. The van der Waals surface area contributed by atoms with Gasteiger partial charge < -0.3 is 20.3 Å². The van der Waals surface area contributed by atoms with E-state index in [-0.39, 0.29) is 30.3 Å². The number of urea groups is 1. The minimum atomic E-state index is -0.691. The summed E-state index contributed by atoms with van der Waals surface area (Å²) < 4.78 is 6.02. The third-order valence-electron chi connectivity index (χ3n) is 7.28. The molecule has 3 aromatic rings. The van der Waals surface area contributed by atoms with Crippen LogP contribution in [0.15, 0.2) is 96.2 Å². The van der Waals surface area contributed by atoms with Gasteiger partial charge in [0.1, 0.15) is 17.5 Å². The molecule has 40 heavy (non-hydrogen) atoms. The SMILES string of the molecule is CCN1C(=O)N[C@H](c2cccc(Oc3ccccc3)c2)C2=C1CN([C@H](C(=O)NCc1ccccc1)C(C)C)C2=O. The maximum atomic E-state index is 14.1. The Labute approximate surface area is 234 Å². The van der Waals surface area contributed by atoms with Gasteiger partial charge in [0.15, 0.2) is 0 Å². The van der Waals surface area contributed by atoms with Crippen LogP contribution in [-0.4, -0.2) is 46.8 Å². The average Bonchev–Trinajstić information content (AvgIpc) is 3.28. The van der Waals surface area contributed by atoms with E-state index in [1.807, 2.05) is 106 Å². The van der Waals surface area contributed by atoms with Gasteiger partial charge >= 0.3 is 6.03 Å². The molecule has 0 aliphatic carbocycles. The van der Waals surface area contributed by atoms with E-state index in [9.17, 15) is 14.4 Å². The van der Waals surface area contributed by atoms with E-state index in [1.165, 1.54) is 0 Å². The van der Waals surface area contributed by atoms with Gasteiger partial charge in [-0.2, -0.15) is 0 Å². The number of likely N-dealkylation sites (N-methyl/N-ethyl adjacent to an activating group) is 1. The number of benzene rings is 3. The van der Waals surface area contributed by atoms with Gasteiger partial charge in [-0.05, 0) is 48.2 Å². The Bertz CT molecular complexity index is 1420. The number of hydrogen-bond acceptors (Lipinski definition) is 4. The minimum absolute atomic E-state index is 0.138. The van der Waals surface area contributed by atoms with Crippen molar-refractivity contribution >= 4 is 17.8 Å². The van der Waals surface area contributed by atoms with Crippen LogP contribution in [0.5, 0.6) is 11.5 Å². The van der Waals surface area contributed by atoms with E-state index in [1.54, 1.807) is 9.80 Å². The van der Waals surface area contributed by atoms with Crippen molar-refractivity contribution < 1.29 is 19.1 Å². The zero-order valence-corrected chi connectivity index (χ0v) is 23.0. The van der Waals surface area contributed by atoms with Gasteiger partial charge in [-0.15, -0.1) is 0 Å². The Morgan fingerprint density at radius 2 is 1.65 bits per heavy atom. The number of para-hydroxylation sites is 1. The Hall–Kier alpha value is -4.59. The molecule has 2 aliphatic heterocycles. The van der Waals surface area contributed by atoms with Gasteiger partial charge in [0.2, 0.25) is 5.91 Å². The Morgan fingerprint density at radius 3 is 2.33 bits per heavy atom. The lowest BCUT2D eigenvalue weighted by Crippen LogP contribution is -2.51. The molecule has 8 nitrogen and oxygen atoms in total. The molecule has 0 aromatic heterocycles. The fourth-order valence-corrected chi connectivity index (χ4v) is 5.40. The lowest BCUT2D eigenvalue weighted by molar-refractivity contribution is -0.138. The zero-order valence-electron chi connectivity index (χ0n) is 23.0. The van der Waals surface area contributed by atoms with E-state index < -0.39 is 12.1 Å². The molecule has 8 heteroatoms. The standard InChI is InChI=1S/C32H34N4O4/c1-4-35-26-20-36(29(21(2)3)30(37)33-19-22-12-7-5-8-13-22)31(38)27(26)28(34-32(35)39)23-14-11-17-25(18-23)40-24-15-9-6-10-16-24/h5-18,21,28-29H,4,19-20H2,1-3H3,(H,33,37)(H,34,39)/t28-,29+/m1/s1. The molecular weight excluding hydrogens is 504 g/mol. The molecule has 0 bridgehead atoms. The van der Waals surface area contributed by atoms with Crippen LogP contribution >= 0.6 is 0 Å². The lowest BCUT2D eigenvalue weighted by Gasteiger charge is -2.33. The summed E-state index contributed by atoms with van der Waals surface area (Å²) in [6, 6.07) is 24.9. The van der Waals surface area contributed by atoms with Crippen molar-refractivity contribution in [1.82, 2.24) is 20.4 Å². The van der Waals surface area contributed by atoms with E-state index in [0.29, 0.717) is 35.9 Å². The Kier molecular flexibility index (Phi) is 7.86. The first-order valence-electron chi connectivity index (χ1n) is 13.6. The second-order valence-corrected chi connectivity index (χ2v) is 10.3. The van der Waals surface area contributed by atoms with Gasteiger partial charge in [0.05, 0.1) is 23.9 Å². The molecule has 2 atom stereocenters. The molecule has 0 spiro atoms. The van der Waals surface area contributed by atoms with Crippen molar-refractivity contribution in [3.05, 3.63) is 107 Å². The van der Waals surface area contributed by atoms with Crippen molar-refractivity contribution in [2.45, 2.75) is 39.4 Å². The number of rotatable bonds is 9. The topological polar surface area (TPSA) is 91.0 Å². The third kappa shape index (κ3) is 5.43. The van der Waals surface area contributed by atoms with Crippen LogP contribution < -0.4 is 15.4 Å². The molecule has 0 saturated carbocycles. The summed E-state index contributed by atoms with van der Waals surface area (Å²) in [6.45, 7) is 6.70. The van der Waals surface area contributed by atoms with Crippen LogP contribution in [-0.2, 0) is 16.1 Å². The minimum Gasteiger partial charge on any atom is -0.457 e. The molecule has 2 aliphatic rings. The monoisotopic (exact) mass is 538 g/mol. The summed E-state index contributed by atoms with van der Waals surface area (Å²) in [5, 5.41) is 6.02. The molecule has 0 fully saturated rings. The number of hydrogen-bond donors (Lipinski definition) is 2. The largest absolute Gasteiger partial charge is 0.457 e. The summed E-state index contributed by atoms with van der Waals surface area (Å²) in [5.74, 6) is 0.681. The molecule has 0 unspecified atom stereocenters. The van der Waals surface area contributed by atoms with Crippen molar-refractivity contribution in [2.24, 2.45) is 5.92 Å². The smallest absolute Gasteiger partial charge is 0.322 e. The highest BCUT2D eigenvalue weighted by Gasteiger charge is 2.47. The fraction of sp³-hybridized carbons (Fsp3) is 0.281. The normalized spacial score (nSPS) is 17.6. The van der Waals surface area contributed by atoms with Crippen LogP contribution in [0, 0.1) is 5.92 Å². The fourth-order valence-electron chi connectivity index (χ4n) is 5.40. The third-order valence-corrected chi connectivity index (χ3v) is 7.28. The van der Waals surface area contributed by atoms with Gasteiger partial charge in [-0.25, -0.2) is 4.79 Å². The molecular formula is C32H34N4O4. The predicted octanol–water partition coefficient (Wildman–Crippen LogP) is 5.00. The second-order valence-electron chi connectivity index (χ2n) is 10.3. The molecule has 2 heterocycles. The first kappa shape index (κ1) is 27.0. The summed E-state index contributed by atoms with van der Waals surface area (Å²) in [6.07, 6.45) is 0. The van der Waals surface area contributed by atoms with Gasteiger partial charge in [0, 0.05) is 13.1 Å². The maximum Gasteiger partial charge on any atom is 0.322 e. The highest BCUT2D eigenvalue weighted by Crippen LogP contribution is 2.39. The van der Waals surface area contributed by atoms with Crippen molar-refractivity contribution in [3.63, 3.8) is 0 Å². The van der Waals surface area contributed by atoms with Crippen molar-refractivity contribution in [1.29, 1.82) is 0 Å². The summed E-state index contributed by atoms with van der Waals surface area (Å²) in [4.78, 5) is 43.9. The Morgan fingerprint density at radius 1 is 0.975 bits per heavy atom. The van der Waals surface area contributed by atoms with E-state index in [2.05, 4.69) is 10.6 Å². The first-order chi connectivity index (χ1) is 19.4. The summed E-state index contributed by atoms with van der Waals surface area (Å²) in [5.41, 5.74) is 2.83. The second kappa shape index (κ2) is 11.7. The zero-order chi connectivity index (χ0) is 28.2. The van der Waals surface area contributed by atoms with Crippen molar-refractivity contribution in [3.8, 4) is 11.5 Å². The van der Waals surface area contributed by atoms with E-state index in [0.717, 1.165) is 11.1 Å². The maximum absolute atomic E-state index is 14.1. The number of amides is 4. The number of ether oxygens (including phenoxy) is 1. The van der Waals surface area contributed by atoms with Crippen molar-refractivity contribution in [2.75, 3.05) is 13.1 Å². The molecule has 2 N–H and O–H groups in total. The van der Waals surface area contributed by atoms with Gasteiger partial charge in [0.25, 0.3) is 5.91 Å². The van der Waals surface area contributed by atoms with E-state index >= 15 is 0 Å². The average molecular weight is 539 g/mol. The summed E-state index contributed by atoms with van der Waals surface area (Å²) >= 11 is 0. The quantitative estimate of drug-likeness (QED) is 0.401. The van der Waals surface area contributed by atoms with Crippen LogP contribution in [0.3, 0.4) is 0 Å². The highest BCUT2D eigenvalue weighted by molar-refractivity contribution is 6.03.